The molecule has 0 spiro atoms. The molecule has 0 unspecified atom stereocenters. The van der Waals surface area contributed by atoms with Crippen molar-refractivity contribution in [2.45, 2.75) is 18.6 Å². The van der Waals surface area contributed by atoms with E-state index in [0.29, 0.717) is 18.8 Å². The first-order chi connectivity index (χ1) is 9.37. The zero-order valence-corrected chi connectivity index (χ0v) is 12.4. The lowest BCUT2D eigenvalue weighted by molar-refractivity contribution is 0.0697. The minimum absolute atomic E-state index is 0.0541. The van der Waals surface area contributed by atoms with E-state index in [1.54, 1.807) is 17.0 Å². The van der Waals surface area contributed by atoms with E-state index in [4.69, 9.17) is 5.11 Å². The Morgan fingerprint density at radius 1 is 1.40 bits per heavy atom. The van der Waals surface area contributed by atoms with Gasteiger partial charge in [0.15, 0.2) is 0 Å². The Hall–Kier alpha value is -1.69. The first kappa shape index (κ1) is 14.7. The van der Waals surface area contributed by atoms with Gasteiger partial charge >= 0.3 is 12.0 Å². The molecule has 0 saturated carbocycles. The van der Waals surface area contributed by atoms with Crippen molar-refractivity contribution in [1.82, 2.24) is 4.90 Å². The summed E-state index contributed by atoms with van der Waals surface area (Å²) in [5, 5.41) is 11.7. The number of nitrogens with one attached hydrogen (secondary N) is 1. The molecule has 20 heavy (non-hydrogen) atoms. The van der Waals surface area contributed by atoms with Crippen LogP contribution in [0.25, 0.3) is 0 Å². The van der Waals surface area contributed by atoms with E-state index in [1.165, 1.54) is 12.1 Å². The highest BCUT2D eigenvalue weighted by Crippen LogP contribution is 2.29. The quantitative estimate of drug-likeness (QED) is 0.880. The molecule has 0 aliphatic carbocycles. The van der Waals surface area contributed by atoms with Crippen LogP contribution in [0.5, 0.6) is 0 Å². The molecule has 1 fully saturated rings. The summed E-state index contributed by atoms with van der Waals surface area (Å²) in [5.74, 6) is -0.0909. The maximum absolute atomic E-state index is 12.2. The van der Waals surface area contributed by atoms with E-state index < -0.39 is 5.97 Å². The number of urea groups is 1. The number of carboxylic acids is 1. The van der Waals surface area contributed by atoms with Gasteiger partial charge in [-0.25, -0.2) is 9.59 Å². The molecule has 1 heterocycles. The van der Waals surface area contributed by atoms with Crippen molar-refractivity contribution in [2.24, 2.45) is 0 Å². The van der Waals surface area contributed by atoms with E-state index in [1.807, 2.05) is 11.8 Å². The van der Waals surface area contributed by atoms with E-state index in [-0.39, 0.29) is 16.3 Å². The van der Waals surface area contributed by atoms with Crippen LogP contribution in [0.15, 0.2) is 24.3 Å². The first-order valence-electron chi connectivity index (χ1n) is 6.41. The fourth-order valence-electron chi connectivity index (χ4n) is 2.12. The predicted octanol–water partition coefficient (Wildman–Crippen LogP) is 2.74. The molecule has 108 valence electrons. The van der Waals surface area contributed by atoms with Crippen LogP contribution in [0.2, 0.25) is 0 Å². The second-order valence-electron chi connectivity index (χ2n) is 5.35. The number of carboxylic acid groups (broad SMARTS) is 1. The Morgan fingerprint density at radius 3 is 2.80 bits per heavy atom. The maximum Gasteiger partial charge on any atom is 0.335 e. The van der Waals surface area contributed by atoms with Crippen molar-refractivity contribution in [3.05, 3.63) is 29.8 Å². The van der Waals surface area contributed by atoms with E-state index in [2.05, 4.69) is 19.2 Å². The molecule has 0 radical (unpaired) electrons. The second-order valence-corrected chi connectivity index (χ2v) is 7.15. The highest BCUT2D eigenvalue weighted by Gasteiger charge is 2.29. The molecule has 2 amide bonds. The van der Waals surface area contributed by atoms with Gasteiger partial charge in [0.2, 0.25) is 0 Å². The number of aromatic carboxylic acids is 1. The zero-order valence-electron chi connectivity index (χ0n) is 11.5. The molecular formula is C14H18N2O3S. The molecule has 6 heteroatoms. The van der Waals surface area contributed by atoms with Gasteiger partial charge in [-0.1, -0.05) is 6.07 Å². The van der Waals surface area contributed by atoms with E-state index >= 15 is 0 Å². The van der Waals surface area contributed by atoms with Crippen LogP contribution in [0.4, 0.5) is 10.5 Å². The fourth-order valence-corrected chi connectivity index (χ4v) is 3.23. The Labute approximate surface area is 122 Å². The average molecular weight is 294 g/mol. The molecule has 1 aliphatic rings. The summed E-state index contributed by atoms with van der Waals surface area (Å²) >= 11 is 1.85. The van der Waals surface area contributed by atoms with Crippen LogP contribution < -0.4 is 5.32 Å². The van der Waals surface area contributed by atoms with Crippen LogP contribution in [0.3, 0.4) is 0 Å². The number of anilines is 1. The number of benzene rings is 1. The number of rotatable bonds is 2. The largest absolute Gasteiger partial charge is 0.478 e. The molecule has 2 N–H and O–H groups in total. The average Bonchev–Trinajstić information content (AvgIpc) is 2.37. The van der Waals surface area contributed by atoms with Crippen molar-refractivity contribution in [2.75, 3.05) is 24.2 Å². The Kier molecular flexibility index (Phi) is 4.23. The number of thioether (sulfide) groups is 1. The molecule has 0 aromatic heterocycles. The van der Waals surface area contributed by atoms with Gasteiger partial charge < -0.3 is 15.3 Å². The van der Waals surface area contributed by atoms with Crippen molar-refractivity contribution >= 4 is 29.4 Å². The third-order valence-corrected chi connectivity index (χ3v) is 4.37. The van der Waals surface area contributed by atoms with Crippen LogP contribution in [0.1, 0.15) is 24.2 Å². The van der Waals surface area contributed by atoms with Crippen LogP contribution in [-0.2, 0) is 0 Å². The maximum atomic E-state index is 12.2. The molecule has 1 saturated heterocycles. The van der Waals surface area contributed by atoms with Gasteiger partial charge in [-0.15, -0.1) is 0 Å². The highest BCUT2D eigenvalue weighted by atomic mass is 32.2. The zero-order chi connectivity index (χ0) is 14.8. The van der Waals surface area contributed by atoms with Gasteiger partial charge in [0, 0.05) is 29.3 Å². The topological polar surface area (TPSA) is 69.6 Å². The van der Waals surface area contributed by atoms with Crippen LogP contribution in [0, 0.1) is 0 Å². The number of carbonyl (C=O) groups excluding carboxylic acids is 1. The summed E-state index contributed by atoms with van der Waals surface area (Å²) in [5.41, 5.74) is 0.670. The summed E-state index contributed by atoms with van der Waals surface area (Å²) in [4.78, 5) is 24.9. The van der Waals surface area contributed by atoms with Gasteiger partial charge in [0.25, 0.3) is 0 Å². The minimum atomic E-state index is -1.00. The standard InChI is InChI=1S/C14H18N2O3S/c1-14(2)9-16(6-7-20-14)13(19)15-11-5-3-4-10(8-11)12(17)18/h3-5,8H,6-7,9H2,1-2H3,(H,15,19)(H,17,18). The van der Waals surface area contributed by atoms with Gasteiger partial charge in [0.05, 0.1) is 5.56 Å². The summed E-state index contributed by atoms with van der Waals surface area (Å²) in [6, 6.07) is 6.09. The lowest BCUT2D eigenvalue weighted by Gasteiger charge is -2.37. The van der Waals surface area contributed by atoms with Crippen molar-refractivity contribution in [3.63, 3.8) is 0 Å². The number of hydrogen-bond acceptors (Lipinski definition) is 3. The third-order valence-electron chi connectivity index (χ3n) is 3.07. The first-order valence-corrected chi connectivity index (χ1v) is 7.39. The summed E-state index contributed by atoms with van der Waals surface area (Å²) in [6.07, 6.45) is 0. The van der Waals surface area contributed by atoms with Crippen molar-refractivity contribution < 1.29 is 14.7 Å². The molecule has 0 atom stereocenters. The lowest BCUT2D eigenvalue weighted by atomic mass is 10.2. The van der Waals surface area contributed by atoms with Crippen molar-refractivity contribution in [3.8, 4) is 0 Å². The second kappa shape index (κ2) is 5.75. The molecular weight excluding hydrogens is 276 g/mol. The van der Waals surface area contributed by atoms with Crippen molar-refractivity contribution in [1.29, 1.82) is 0 Å². The monoisotopic (exact) mass is 294 g/mol. The predicted molar refractivity (Wildman–Crippen MR) is 80.5 cm³/mol. The normalized spacial score (nSPS) is 17.6. The van der Waals surface area contributed by atoms with Gasteiger partial charge in [0.1, 0.15) is 0 Å². The fraction of sp³-hybridized carbons (Fsp3) is 0.429. The molecule has 1 aromatic rings. The molecule has 2 rings (SSSR count). The Morgan fingerprint density at radius 2 is 2.15 bits per heavy atom. The number of hydrogen-bond donors (Lipinski definition) is 2. The van der Waals surface area contributed by atoms with Crippen LogP contribution >= 0.6 is 11.8 Å². The summed E-state index contributed by atoms with van der Waals surface area (Å²) in [6.45, 7) is 5.62. The van der Waals surface area contributed by atoms with E-state index in [0.717, 1.165) is 5.75 Å². The van der Waals surface area contributed by atoms with Crippen LogP contribution in [-0.4, -0.2) is 45.6 Å². The smallest absolute Gasteiger partial charge is 0.335 e. The summed E-state index contributed by atoms with van der Waals surface area (Å²) < 4.78 is 0.0541. The Balaban J connectivity index is 2.04. The molecule has 5 nitrogen and oxygen atoms in total. The van der Waals surface area contributed by atoms with Gasteiger partial charge in [-0.05, 0) is 32.0 Å². The number of carbonyl (C=O) groups is 2. The molecule has 1 aromatic carbocycles. The summed E-state index contributed by atoms with van der Waals surface area (Å²) in [7, 11) is 0. The minimum Gasteiger partial charge on any atom is -0.478 e. The van der Waals surface area contributed by atoms with Gasteiger partial charge in [-0.2, -0.15) is 11.8 Å². The highest BCUT2D eigenvalue weighted by molar-refractivity contribution is 8.00. The van der Waals surface area contributed by atoms with E-state index in [9.17, 15) is 9.59 Å². The number of amides is 2. The molecule has 0 bridgehead atoms. The van der Waals surface area contributed by atoms with Gasteiger partial charge in [-0.3, -0.25) is 0 Å². The lowest BCUT2D eigenvalue weighted by Crippen LogP contribution is -2.47. The Bertz CT molecular complexity index is 531. The molecule has 1 aliphatic heterocycles. The SMILES string of the molecule is CC1(C)CN(C(=O)Nc2cccc(C(=O)O)c2)CCS1. The number of nitrogens with zero attached hydrogens (tertiary/aromatic N) is 1. The third kappa shape index (κ3) is 3.66.